The summed E-state index contributed by atoms with van der Waals surface area (Å²) in [7, 11) is 0.311. The second-order valence-electron chi connectivity index (χ2n) is 7.45. The maximum atomic E-state index is 12.3. The van der Waals surface area contributed by atoms with Crippen LogP contribution in [0.5, 0.6) is 5.75 Å². The minimum absolute atomic E-state index is 0.0835. The lowest BCUT2D eigenvalue weighted by Gasteiger charge is -2.35. The van der Waals surface area contributed by atoms with Gasteiger partial charge in [-0.3, -0.25) is 4.79 Å². The molecule has 0 aliphatic carbocycles. The van der Waals surface area contributed by atoms with Gasteiger partial charge in [0.25, 0.3) is 0 Å². The van der Waals surface area contributed by atoms with Crippen LogP contribution in [-0.2, 0) is 20.5 Å². The molecular formula is C19H29F3N2O4S. The van der Waals surface area contributed by atoms with Gasteiger partial charge in [0, 0.05) is 38.8 Å². The molecule has 1 aliphatic rings. The van der Waals surface area contributed by atoms with Gasteiger partial charge >= 0.3 is 12.1 Å². The Morgan fingerprint density at radius 1 is 1.03 bits per heavy atom. The molecule has 1 unspecified atom stereocenters. The summed E-state index contributed by atoms with van der Waals surface area (Å²) in [6, 6.07) is 7.91. The summed E-state index contributed by atoms with van der Waals surface area (Å²) < 4.78 is 55.6. The van der Waals surface area contributed by atoms with E-state index in [0.29, 0.717) is 13.1 Å². The largest absolute Gasteiger partial charge is 0.497 e. The van der Waals surface area contributed by atoms with E-state index in [1.54, 1.807) is 27.9 Å². The summed E-state index contributed by atoms with van der Waals surface area (Å²) in [4.78, 5) is 14.0. The first-order chi connectivity index (χ1) is 13.3. The summed E-state index contributed by atoms with van der Waals surface area (Å²) in [5.74, 6) is 0.328. The van der Waals surface area contributed by atoms with Gasteiger partial charge in [-0.05, 0) is 45.0 Å². The van der Waals surface area contributed by atoms with E-state index in [1.165, 1.54) is 0 Å². The zero-order valence-electron chi connectivity index (χ0n) is 17.4. The van der Waals surface area contributed by atoms with E-state index in [4.69, 9.17) is 9.47 Å². The van der Waals surface area contributed by atoms with Gasteiger partial charge in [-0.15, -0.1) is 0 Å². The number of hydrogen-bond acceptors (Lipinski definition) is 5. The number of carbonyl (C=O) groups is 1. The zero-order chi connectivity index (χ0) is 22.2. The van der Waals surface area contributed by atoms with Crippen LogP contribution in [0.25, 0.3) is 0 Å². The van der Waals surface area contributed by atoms with E-state index in [0.717, 1.165) is 24.5 Å². The Morgan fingerprint density at radius 2 is 1.52 bits per heavy atom. The quantitative estimate of drug-likeness (QED) is 0.660. The molecule has 2 rings (SSSR count). The maximum absolute atomic E-state index is 12.3. The molecule has 1 aromatic rings. The van der Waals surface area contributed by atoms with Gasteiger partial charge in [-0.1, -0.05) is 0 Å². The third-order valence-corrected chi connectivity index (χ3v) is 5.05. The van der Waals surface area contributed by atoms with Crippen molar-refractivity contribution in [3.63, 3.8) is 0 Å². The van der Waals surface area contributed by atoms with Gasteiger partial charge in [-0.25, -0.2) is 8.51 Å². The molecule has 29 heavy (non-hydrogen) atoms. The molecule has 1 heterocycles. The van der Waals surface area contributed by atoms with E-state index >= 15 is 0 Å². The van der Waals surface area contributed by atoms with E-state index in [9.17, 15) is 22.2 Å². The molecule has 1 atom stereocenters. The monoisotopic (exact) mass is 438 g/mol. The number of alkyl halides is 3. The second kappa shape index (κ2) is 10.8. The number of methoxy groups -OCH3 is 1. The van der Waals surface area contributed by atoms with Crippen molar-refractivity contribution in [2.75, 3.05) is 43.9 Å². The van der Waals surface area contributed by atoms with Crippen molar-refractivity contribution >= 4 is 22.6 Å². The number of halogens is 3. The van der Waals surface area contributed by atoms with Crippen molar-refractivity contribution in [1.82, 2.24) is 4.31 Å². The van der Waals surface area contributed by atoms with Gasteiger partial charge in [0.2, 0.25) is 0 Å². The van der Waals surface area contributed by atoms with Crippen LogP contribution < -0.4 is 9.64 Å². The minimum atomic E-state index is -4.00. The van der Waals surface area contributed by atoms with E-state index in [-0.39, 0.29) is 12.7 Å². The number of esters is 1. The first-order valence-electron chi connectivity index (χ1n) is 9.09. The van der Waals surface area contributed by atoms with Crippen LogP contribution in [0, 0.1) is 0 Å². The number of ether oxygens (including phenoxy) is 2. The summed E-state index contributed by atoms with van der Waals surface area (Å²) in [6.07, 6.45) is -4.00. The SMILES string of the molecule is CC(F)(F)F.COc1ccc(N2CCN(S(=O)CC(=O)OC(C)(C)C)CC2)cc1. The zero-order valence-corrected chi connectivity index (χ0v) is 18.2. The van der Waals surface area contributed by atoms with Crippen LogP contribution in [0.1, 0.15) is 27.7 Å². The standard InChI is InChI=1S/C17H26N2O4S.C2H3F3/c1-17(2,3)23-16(20)13-24(21)19-11-9-18(10-12-19)14-5-7-15(22-4)8-6-14;1-2(3,4)5/h5-8H,9-13H2,1-4H3;1H3. The average Bonchev–Trinajstić information content (AvgIpc) is 2.59. The third-order valence-electron chi connectivity index (χ3n) is 3.63. The second-order valence-corrected chi connectivity index (χ2v) is 8.90. The molecule has 6 nitrogen and oxygen atoms in total. The summed E-state index contributed by atoms with van der Waals surface area (Å²) in [5, 5.41) is 0. The summed E-state index contributed by atoms with van der Waals surface area (Å²) in [5.41, 5.74) is 0.572. The molecule has 1 aliphatic heterocycles. The lowest BCUT2D eigenvalue weighted by atomic mass is 10.2. The van der Waals surface area contributed by atoms with Gasteiger partial charge in [0.05, 0.1) is 7.11 Å². The van der Waals surface area contributed by atoms with Crippen LogP contribution in [0.3, 0.4) is 0 Å². The Bertz CT molecular complexity index is 662. The van der Waals surface area contributed by atoms with Gasteiger partial charge in [0.15, 0.2) is 0 Å². The molecule has 1 saturated heterocycles. The predicted octanol–water partition coefficient (Wildman–Crippen LogP) is 3.39. The normalized spacial score (nSPS) is 16.5. The van der Waals surface area contributed by atoms with E-state index in [2.05, 4.69) is 4.90 Å². The highest BCUT2D eigenvalue weighted by atomic mass is 32.2. The van der Waals surface area contributed by atoms with Crippen molar-refractivity contribution in [2.45, 2.75) is 39.5 Å². The average molecular weight is 439 g/mol. The van der Waals surface area contributed by atoms with Gasteiger partial charge in [-0.2, -0.15) is 13.2 Å². The Morgan fingerprint density at radius 3 is 1.93 bits per heavy atom. The van der Waals surface area contributed by atoms with Gasteiger partial charge in [0.1, 0.15) is 28.1 Å². The third kappa shape index (κ3) is 11.1. The molecule has 0 aromatic heterocycles. The molecule has 0 saturated carbocycles. The van der Waals surface area contributed by atoms with Crippen LogP contribution in [0.4, 0.5) is 18.9 Å². The number of carbonyl (C=O) groups excluding carboxylic acids is 1. The van der Waals surface area contributed by atoms with Crippen molar-refractivity contribution in [2.24, 2.45) is 0 Å². The fraction of sp³-hybridized carbons (Fsp3) is 0.632. The highest BCUT2D eigenvalue weighted by Gasteiger charge is 2.25. The van der Waals surface area contributed by atoms with Crippen molar-refractivity contribution in [1.29, 1.82) is 0 Å². The molecule has 1 aromatic carbocycles. The van der Waals surface area contributed by atoms with Crippen molar-refractivity contribution in [3.05, 3.63) is 24.3 Å². The molecule has 0 radical (unpaired) electrons. The maximum Gasteiger partial charge on any atom is 0.386 e. The van der Waals surface area contributed by atoms with Crippen molar-refractivity contribution < 1.29 is 31.6 Å². The molecular weight excluding hydrogens is 409 g/mol. The first kappa shape index (κ1) is 25.2. The highest BCUT2D eigenvalue weighted by Crippen LogP contribution is 2.21. The summed E-state index contributed by atoms with van der Waals surface area (Å²) >= 11 is 0. The Kier molecular flexibility index (Phi) is 9.41. The lowest BCUT2D eigenvalue weighted by Crippen LogP contribution is -2.48. The molecule has 0 bridgehead atoms. The van der Waals surface area contributed by atoms with Crippen LogP contribution >= 0.6 is 0 Å². The fourth-order valence-electron chi connectivity index (χ4n) is 2.51. The highest BCUT2D eigenvalue weighted by molar-refractivity contribution is 7.83. The Balaban J connectivity index is 0.000000749. The number of benzene rings is 1. The van der Waals surface area contributed by atoms with Gasteiger partial charge < -0.3 is 14.4 Å². The Hall–Kier alpha value is -1.81. The number of nitrogens with zero attached hydrogens (tertiary/aromatic N) is 2. The van der Waals surface area contributed by atoms with Crippen LogP contribution in [-0.4, -0.2) is 65.3 Å². The number of rotatable bonds is 5. The summed E-state index contributed by atoms with van der Waals surface area (Å²) in [6.45, 7) is 8.46. The van der Waals surface area contributed by atoms with Crippen LogP contribution in [0.15, 0.2) is 24.3 Å². The lowest BCUT2D eigenvalue weighted by molar-refractivity contribution is -0.151. The van der Waals surface area contributed by atoms with Crippen molar-refractivity contribution in [3.8, 4) is 5.75 Å². The fourth-order valence-corrected chi connectivity index (χ4v) is 3.52. The Labute approximate surface area is 172 Å². The molecule has 10 heteroatoms. The molecule has 0 spiro atoms. The molecule has 0 amide bonds. The molecule has 0 N–H and O–H groups in total. The van der Waals surface area contributed by atoms with E-state index < -0.39 is 28.7 Å². The molecule has 166 valence electrons. The molecule has 1 fully saturated rings. The first-order valence-corrected chi connectivity index (χ1v) is 10.4. The van der Waals surface area contributed by atoms with Crippen LogP contribution in [0.2, 0.25) is 0 Å². The topological polar surface area (TPSA) is 59.1 Å². The van der Waals surface area contributed by atoms with E-state index in [1.807, 2.05) is 28.6 Å². The number of anilines is 1. The smallest absolute Gasteiger partial charge is 0.386 e. The minimum Gasteiger partial charge on any atom is -0.497 e. The number of hydrogen-bond donors (Lipinski definition) is 0. The predicted molar refractivity (Wildman–Crippen MR) is 107 cm³/mol. The number of piperazine rings is 1.